The molecule has 2 aliphatic heterocycles. The lowest BCUT2D eigenvalue weighted by Crippen LogP contribution is -2.62. The smallest absolute Gasteiger partial charge is 0.252 e. The Balaban J connectivity index is 1.33. The summed E-state index contributed by atoms with van der Waals surface area (Å²) in [6, 6.07) is 43.3. The summed E-state index contributed by atoms with van der Waals surface area (Å²) in [5.74, 6) is 0. The van der Waals surface area contributed by atoms with Crippen LogP contribution in [-0.2, 0) is 27.1 Å². The van der Waals surface area contributed by atoms with Crippen LogP contribution in [-0.4, -0.2) is 6.71 Å². The molecule has 6 aromatic carbocycles. The van der Waals surface area contributed by atoms with Crippen molar-refractivity contribution in [2.75, 3.05) is 9.80 Å². The quantitative estimate of drug-likeness (QED) is 0.164. The van der Waals surface area contributed by atoms with Crippen LogP contribution in [0.3, 0.4) is 0 Å². The lowest BCUT2D eigenvalue weighted by molar-refractivity contribution is 0.332. The van der Waals surface area contributed by atoms with Gasteiger partial charge in [-0.3, -0.25) is 0 Å². The lowest BCUT2D eigenvalue weighted by Gasteiger charge is -2.48. The molecule has 0 bridgehead atoms. The summed E-state index contributed by atoms with van der Waals surface area (Å²) >= 11 is 0. The van der Waals surface area contributed by atoms with Crippen molar-refractivity contribution >= 4 is 57.2 Å². The van der Waals surface area contributed by atoms with Crippen molar-refractivity contribution in [3.05, 3.63) is 148 Å². The molecule has 0 fully saturated rings. The first-order valence-corrected chi connectivity index (χ1v) is 23.1. The van der Waals surface area contributed by atoms with Gasteiger partial charge in [0.25, 0.3) is 6.71 Å². The van der Waals surface area contributed by atoms with Crippen molar-refractivity contribution in [3.63, 3.8) is 0 Å². The standard InChI is InChI=1S/C58H65BN2/c1-36-29-51-53-52(30-36)61(49-32-40(54(3,4)5)21-19-37(49)2)48-24-20-39(38-17-15-14-16-18-38)31-46(48)59(53)47-34-44-45(58(12,13)28-27-57(44,10)11)35-50(47)60(51)41-22-23-42-43(33-41)56(8,9)26-25-55(42,6)7/h14-24,29-35H,25-28H2,1-13H3. The number of anilines is 6. The van der Waals surface area contributed by atoms with E-state index in [1.807, 2.05) is 0 Å². The predicted molar refractivity (Wildman–Crippen MR) is 265 cm³/mol. The average molecular weight is 801 g/mol. The molecule has 310 valence electrons. The topological polar surface area (TPSA) is 6.48 Å². The minimum atomic E-state index is 0.0109. The molecule has 0 amide bonds. The molecule has 0 N–H and O–H groups in total. The van der Waals surface area contributed by atoms with Crippen molar-refractivity contribution in [2.24, 2.45) is 0 Å². The fraction of sp³-hybridized carbons (Fsp3) is 0.379. The van der Waals surface area contributed by atoms with E-state index in [0.29, 0.717) is 0 Å². The van der Waals surface area contributed by atoms with E-state index in [-0.39, 0.29) is 33.8 Å². The third-order valence-electron chi connectivity index (χ3n) is 15.7. The summed E-state index contributed by atoms with van der Waals surface area (Å²) in [5, 5.41) is 0. The molecule has 4 aliphatic rings. The third kappa shape index (κ3) is 6.18. The van der Waals surface area contributed by atoms with Crippen molar-refractivity contribution in [1.29, 1.82) is 0 Å². The van der Waals surface area contributed by atoms with Gasteiger partial charge in [-0.25, -0.2) is 0 Å². The van der Waals surface area contributed by atoms with Crippen molar-refractivity contribution in [2.45, 2.75) is 143 Å². The molecule has 2 nitrogen and oxygen atoms in total. The maximum absolute atomic E-state index is 2.69. The Hall–Kier alpha value is -5.02. The number of hydrogen-bond donors (Lipinski definition) is 0. The van der Waals surface area contributed by atoms with Gasteiger partial charge in [0.05, 0.1) is 0 Å². The number of aryl methyl sites for hydroxylation is 2. The molecule has 0 atom stereocenters. The highest BCUT2D eigenvalue weighted by atomic mass is 15.2. The van der Waals surface area contributed by atoms with E-state index < -0.39 is 0 Å². The van der Waals surface area contributed by atoms with Crippen LogP contribution in [0.25, 0.3) is 11.1 Å². The van der Waals surface area contributed by atoms with Crippen LogP contribution in [0, 0.1) is 13.8 Å². The maximum atomic E-state index is 2.69. The highest BCUT2D eigenvalue weighted by molar-refractivity contribution is 7.00. The van der Waals surface area contributed by atoms with Crippen molar-refractivity contribution < 1.29 is 0 Å². The molecule has 10 rings (SSSR count). The van der Waals surface area contributed by atoms with Gasteiger partial charge in [0.2, 0.25) is 0 Å². The zero-order chi connectivity index (χ0) is 43.2. The van der Waals surface area contributed by atoms with Crippen LogP contribution >= 0.6 is 0 Å². The molecule has 0 spiro atoms. The summed E-state index contributed by atoms with van der Waals surface area (Å²) in [5.41, 5.74) is 24.8. The minimum Gasteiger partial charge on any atom is -0.311 e. The molecule has 6 aromatic rings. The summed E-state index contributed by atoms with van der Waals surface area (Å²) in [4.78, 5) is 5.32. The second kappa shape index (κ2) is 13.2. The maximum Gasteiger partial charge on any atom is 0.252 e. The number of hydrogen-bond acceptors (Lipinski definition) is 2. The second-order valence-corrected chi connectivity index (χ2v) is 22.9. The molecule has 0 saturated heterocycles. The van der Waals surface area contributed by atoms with Crippen molar-refractivity contribution in [3.8, 4) is 11.1 Å². The molecular weight excluding hydrogens is 735 g/mol. The number of benzene rings is 6. The third-order valence-corrected chi connectivity index (χ3v) is 15.7. The molecule has 0 unspecified atom stereocenters. The van der Waals surface area contributed by atoms with Gasteiger partial charge < -0.3 is 9.80 Å². The molecule has 3 heteroatoms. The second-order valence-electron chi connectivity index (χ2n) is 22.9. The zero-order valence-corrected chi connectivity index (χ0v) is 39.2. The van der Waals surface area contributed by atoms with Gasteiger partial charge >= 0.3 is 0 Å². The summed E-state index contributed by atoms with van der Waals surface area (Å²) in [6.07, 6.45) is 4.76. The Labute approximate surface area is 367 Å². The lowest BCUT2D eigenvalue weighted by atomic mass is 9.33. The van der Waals surface area contributed by atoms with Gasteiger partial charge in [-0.1, -0.05) is 143 Å². The van der Waals surface area contributed by atoms with E-state index in [1.165, 1.54) is 126 Å². The summed E-state index contributed by atoms with van der Waals surface area (Å²) < 4.78 is 0. The summed E-state index contributed by atoms with van der Waals surface area (Å²) in [6.45, 7) is 31.4. The first-order chi connectivity index (χ1) is 28.7. The number of nitrogens with zero attached hydrogens (tertiary/aromatic N) is 2. The van der Waals surface area contributed by atoms with Crippen LogP contribution in [0.5, 0.6) is 0 Å². The molecule has 0 radical (unpaired) electrons. The average Bonchev–Trinajstić information content (AvgIpc) is 3.21. The van der Waals surface area contributed by atoms with E-state index in [0.717, 1.165) is 0 Å². The fourth-order valence-electron chi connectivity index (χ4n) is 11.6. The SMILES string of the molecule is Cc1cc2c3c(c1)N(c1cc(C(C)(C)C)ccc1C)c1ccc(-c4ccccc4)cc1B3c1cc3c(cc1N2c1ccc2c(c1)C(C)(C)CCC2(C)C)C(C)(C)CCC3(C)C. The van der Waals surface area contributed by atoms with Crippen LogP contribution in [0.2, 0.25) is 0 Å². The van der Waals surface area contributed by atoms with E-state index in [1.54, 1.807) is 0 Å². The van der Waals surface area contributed by atoms with Gasteiger partial charge in [0, 0.05) is 34.1 Å². The Morgan fingerprint density at radius 3 is 1.67 bits per heavy atom. The Morgan fingerprint density at radius 1 is 0.459 bits per heavy atom. The largest absolute Gasteiger partial charge is 0.311 e. The Morgan fingerprint density at radius 2 is 1.03 bits per heavy atom. The first-order valence-electron chi connectivity index (χ1n) is 23.1. The van der Waals surface area contributed by atoms with Gasteiger partial charge in [0.15, 0.2) is 0 Å². The molecule has 61 heavy (non-hydrogen) atoms. The van der Waals surface area contributed by atoms with Gasteiger partial charge in [-0.15, -0.1) is 0 Å². The van der Waals surface area contributed by atoms with Crippen LogP contribution in [0.4, 0.5) is 34.1 Å². The highest BCUT2D eigenvalue weighted by Crippen LogP contribution is 2.53. The van der Waals surface area contributed by atoms with E-state index >= 15 is 0 Å². The van der Waals surface area contributed by atoms with Gasteiger partial charge in [0.1, 0.15) is 0 Å². The van der Waals surface area contributed by atoms with Crippen molar-refractivity contribution in [1.82, 2.24) is 0 Å². The molecule has 2 heterocycles. The Kier molecular flexibility index (Phi) is 8.70. The Bertz CT molecular complexity index is 2780. The highest BCUT2D eigenvalue weighted by Gasteiger charge is 2.47. The molecular formula is C58H65BN2. The van der Waals surface area contributed by atoms with Crippen LogP contribution < -0.4 is 26.2 Å². The van der Waals surface area contributed by atoms with E-state index in [2.05, 4.69) is 209 Å². The monoisotopic (exact) mass is 801 g/mol. The van der Waals surface area contributed by atoms with Crippen LogP contribution in [0.1, 0.15) is 141 Å². The fourth-order valence-corrected chi connectivity index (χ4v) is 11.6. The molecule has 0 saturated carbocycles. The van der Waals surface area contributed by atoms with Crippen LogP contribution in [0.15, 0.2) is 109 Å². The number of fused-ring (bicyclic) bond motifs is 6. The predicted octanol–water partition coefficient (Wildman–Crippen LogP) is 14.0. The normalized spacial score (nSPS) is 18.7. The van der Waals surface area contributed by atoms with E-state index in [9.17, 15) is 0 Å². The zero-order valence-electron chi connectivity index (χ0n) is 39.2. The first kappa shape index (κ1) is 40.1. The van der Waals surface area contributed by atoms with Gasteiger partial charge in [-0.2, -0.15) is 0 Å². The van der Waals surface area contributed by atoms with E-state index in [4.69, 9.17) is 0 Å². The van der Waals surface area contributed by atoms with Gasteiger partial charge in [-0.05, 0) is 176 Å². The minimum absolute atomic E-state index is 0.0109. The molecule has 0 aromatic heterocycles. The molecule has 2 aliphatic carbocycles. The summed E-state index contributed by atoms with van der Waals surface area (Å²) in [7, 11) is 0. The number of rotatable bonds is 3.